The lowest BCUT2D eigenvalue weighted by Crippen LogP contribution is -2.34. The quantitative estimate of drug-likeness (QED) is 0.559. The maximum Gasteiger partial charge on any atom is 0.222 e. The number of rotatable bonds is 9. The van der Waals surface area contributed by atoms with Crippen LogP contribution in [0.15, 0.2) is 35.2 Å². The lowest BCUT2D eigenvalue weighted by atomic mass is 10.3. The summed E-state index contributed by atoms with van der Waals surface area (Å²) in [5.41, 5.74) is 0. The molecule has 4 heteroatoms. The van der Waals surface area contributed by atoms with E-state index in [-0.39, 0.29) is 12.5 Å². The van der Waals surface area contributed by atoms with Gasteiger partial charge in [0.25, 0.3) is 0 Å². The molecule has 0 aliphatic rings. The van der Waals surface area contributed by atoms with E-state index in [4.69, 9.17) is 5.11 Å². The van der Waals surface area contributed by atoms with Crippen LogP contribution in [-0.2, 0) is 4.79 Å². The first-order valence-electron chi connectivity index (χ1n) is 6.84. The molecule has 0 heterocycles. The normalized spacial score (nSPS) is 10.4. The summed E-state index contributed by atoms with van der Waals surface area (Å²) in [6.07, 6.45) is 2.38. The Morgan fingerprint density at radius 1 is 1.26 bits per heavy atom. The second-order valence-corrected chi connectivity index (χ2v) is 5.54. The minimum Gasteiger partial charge on any atom is -0.395 e. The van der Waals surface area contributed by atoms with Crippen molar-refractivity contribution in [3.63, 3.8) is 0 Å². The Balaban J connectivity index is 2.22. The number of aliphatic hydroxyl groups excluding tert-OH is 1. The van der Waals surface area contributed by atoms with Gasteiger partial charge < -0.3 is 10.0 Å². The SMILES string of the molecule is CCCN(CCO)C(=O)CCCSc1ccccc1. The Hall–Kier alpha value is -1.00. The molecule has 0 aliphatic heterocycles. The molecule has 0 saturated heterocycles. The Morgan fingerprint density at radius 2 is 2.00 bits per heavy atom. The van der Waals surface area contributed by atoms with Gasteiger partial charge in [0.05, 0.1) is 6.61 Å². The van der Waals surface area contributed by atoms with Gasteiger partial charge in [-0.3, -0.25) is 4.79 Å². The van der Waals surface area contributed by atoms with Crippen molar-refractivity contribution in [1.82, 2.24) is 4.90 Å². The number of thioether (sulfide) groups is 1. The highest BCUT2D eigenvalue weighted by atomic mass is 32.2. The van der Waals surface area contributed by atoms with Crippen molar-refractivity contribution in [2.24, 2.45) is 0 Å². The van der Waals surface area contributed by atoms with Crippen molar-refractivity contribution in [3.05, 3.63) is 30.3 Å². The molecule has 0 bridgehead atoms. The Labute approximate surface area is 120 Å². The van der Waals surface area contributed by atoms with Gasteiger partial charge in [-0.2, -0.15) is 0 Å². The minimum absolute atomic E-state index is 0.0461. The van der Waals surface area contributed by atoms with Crippen molar-refractivity contribution in [1.29, 1.82) is 0 Å². The van der Waals surface area contributed by atoms with Crippen molar-refractivity contribution in [2.75, 3.05) is 25.4 Å². The van der Waals surface area contributed by atoms with E-state index in [9.17, 15) is 4.79 Å². The van der Waals surface area contributed by atoms with Crippen LogP contribution in [0.5, 0.6) is 0 Å². The Morgan fingerprint density at radius 3 is 2.63 bits per heavy atom. The van der Waals surface area contributed by atoms with E-state index in [0.717, 1.165) is 25.1 Å². The minimum atomic E-state index is 0.0461. The second kappa shape index (κ2) is 9.87. The van der Waals surface area contributed by atoms with Gasteiger partial charge in [0.15, 0.2) is 0 Å². The van der Waals surface area contributed by atoms with Crippen LogP contribution in [0.25, 0.3) is 0 Å². The van der Waals surface area contributed by atoms with E-state index in [1.165, 1.54) is 4.90 Å². The van der Waals surface area contributed by atoms with Gasteiger partial charge in [0.2, 0.25) is 5.91 Å². The molecule has 1 aromatic carbocycles. The van der Waals surface area contributed by atoms with Crippen LogP contribution in [0.4, 0.5) is 0 Å². The van der Waals surface area contributed by atoms with E-state index in [1.807, 2.05) is 25.1 Å². The van der Waals surface area contributed by atoms with Crippen LogP contribution < -0.4 is 0 Å². The van der Waals surface area contributed by atoms with Gasteiger partial charge in [0.1, 0.15) is 0 Å². The van der Waals surface area contributed by atoms with Gasteiger partial charge in [-0.05, 0) is 30.7 Å². The fourth-order valence-electron chi connectivity index (χ4n) is 1.84. The van der Waals surface area contributed by atoms with E-state index in [0.29, 0.717) is 13.0 Å². The standard InChI is InChI=1S/C15H23NO2S/c1-2-10-16(11-12-17)15(18)9-6-13-19-14-7-4-3-5-8-14/h3-5,7-8,17H,2,6,9-13H2,1H3. The molecule has 3 nitrogen and oxygen atoms in total. The lowest BCUT2D eigenvalue weighted by molar-refractivity contribution is -0.131. The number of amides is 1. The topological polar surface area (TPSA) is 40.5 Å². The second-order valence-electron chi connectivity index (χ2n) is 4.37. The number of carbonyl (C=O) groups excluding carboxylic acids is 1. The number of hydrogen-bond acceptors (Lipinski definition) is 3. The van der Waals surface area contributed by atoms with Crippen LogP contribution in [0.1, 0.15) is 26.2 Å². The average Bonchev–Trinajstić information content (AvgIpc) is 2.44. The van der Waals surface area contributed by atoms with Crippen LogP contribution >= 0.6 is 11.8 Å². The first-order valence-corrected chi connectivity index (χ1v) is 7.83. The summed E-state index contributed by atoms with van der Waals surface area (Å²) in [7, 11) is 0. The third-order valence-electron chi connectivity index (χ3n) is 2.76. The van der Waals surface area contributed by atoms with E-state index in [1.54, 1.807) is 16.7 Å². The number of aliphatic hydroxyl groups is 1. The number of benzene rings is 1. The summed E-state index contributed by atoms with van der Waals surface area (Å²) in [4.78, 5) is 14.9. The third-order valence-corrected chi connectivity index (χ3v) is 3.86. The molecule has 19 heavy (non-hydrogen) atoms. The molecule has 0 unspecified atom stereocenters. The number of carbonyl (C=O) groups is 1. The summed E-state index contributed by atoms with van der Waals surface area (Å²) in [6.45, 7) is 3.29. The highest BCUT2D eigenvalue weighted by Gasteiger charge is 2.11. The van der Waals surface area contributed by atoms with Gasteiger partial charge >= 0.3 is 0 Å². The zero-order valence-electron chi connectivity index (χ0n) is 11.5. The maximum atomic E-state index is 11.9. The smallest absolute Gasteiger partial charge is 0.222 e. The van der Waals surface area contributed by atoms with Crippen LogP contribution in [0.2, 0.25) is 0 Å². The molecule has 1 aromatic rings. The molecule has 1 N–H and O–H groups in total. The predicted molar refractivity (Wildman–Crippen MR) is 80.4 cm³/mol. The van der Waals surface area contributed by atoms with Gasteiger partial charge in [0, 0.05) is 24.4 Å². The molecule has 1 rings (SSSR count). The van der Waals surface area contributed by atoms with Crippen LogP contribution in [0, 0.1) is 0 Å². The predicted octanol–water partition coefficient (Wildman–Crippen LogP) is 2.79. The van der Waals surface area contributed by atoms with Crippen molar-refractivity contribution >= 4 is 17.7 Å². The first kappa shape index (κ1) is 16.1. The third kappa shape index (κ3) is 6.64. The maximum absolute atomic E-state index is 11.9. The molecule has 0 aromatic heterocycles. The van der Waals surface area contributed by atoms with E-state index < -0.39 is 0 Å². The van der Waals surface area contributed by atoms with Crippen LogP contribution in [-0.4, -0.2) is 41.4 Å². The molecular weight excluding hydrogens is 258 g/mol. The van der Waals surface area contributed by atoms with Crippen molar-refractivity contribution in [2.45, 2.75) is 31.1 Å². The highest BCUT2D eigenvalue weighted by Crippen LogP contribution is 2.18. The molecule has 0 atom stereocenters. The molecule has 0 radical (unpaired) electrons. The van der Waals surface area contributed by atoms with Gasteiger partial charge in [-0.15, -0.1) is 11.8 Å². The lowest BCUT2D eigenvalue weighted by Gasteiger charge is -2.20. The molecule has 0 saturated carbocycles. The van der Waals surface area contributed by atoms with Crippen molar-refractivity contribution < 1.29 is 9.90 Å². The fourth-order valence-corrected chi connectivity index (χ4v) is 2.71. The zero-order chi connectivity index (χ0) is 13.9. The molecular formula is C15H23NO2S. The summed E-state index contributed by atoms with van der Waals surface area (Å²) in [5.74, 6) is 1.11. The Kier molecular flexibility index (Phi) is 8.34. The number of nitrogens with zero attached hydrogens (tertiary/aromatic N) is 1. The summed E-state index contributed by atoms with van der Waals surface area (Å²) >= 11 is 1.78. The van der Waals surface area contributed by atoms with E-state index >= 15 is 0 Å². The largest absolute Gasteiger partial charge is 0.395 e. The summed E-state index contributed by atoms with van der Waals surface area (Å²) in [5, 5.41) is 8.93. The zero-order valence-corrected chi connectivity index (χ0v) is 12.4. The molecule has 1 amide bonds. The van der Waals surface area contributed by atoms with Gasteiger partial charge in [-0.1, -0.05) is 25.1 Å². The van der Waals surface area contributed by atoms with Gasteiger partial charge in [-0.25, -0.2) is 0 Å². The fraction of sp³-hybridized carbons (Fsp3) is 0.533. The average molecular weight is 281 g/mol. The molecule has 106 valence electrons. The monoisotopic (exact) mass is 281 g/mol. The Bertz CT molecular complexity index is 350. The highest BCUT2D eigenvalue weighted by molar-refractivity contribution is 7.99. The summed E-state index contributed by atoms with van der Waals surface area (Å²) in [6, 6.07) is 10.2. The summed E-state index contributed by atoms with van der Waals surface area (Å²) < 4.78 is 0. The molecule has 0 fully saturated rings. The number of hydrogen-bond donors (Lipinski definition) is 1. The van der Waals surface area contributed by atoms with Crippen LogP contribution in [0.3, 0.4) is 0 Å². The van der Waals surface area contributed by atoms with E-state index in [2.05, 4.69) is 12.1 Å². The molecule has 0 spiro atoms. The van der Waals surface area contributed by atoms with Crippen molar-refractivity contribution in [3.8, 4) is 0 Å². The first-order chi connectivity index (χ1) is 9.27. The molecule has 0 aliphatic carbocycles.